The van der Waals surface area contributed by atoms with Crippen molar-refractivity contribution in [2.75, 3.05) is 19.6 Å². The summed E-state index contributed by atoms with van der Waals surface area (Å²) in [4.78, 5) is 22.9. The minimum Gasteiger partial charge on any atom is -0.391 e. The molecule has 21 heavy (non-hydrogen) atoms. The van der Waals surface area contributed by atoms with Gasteiger partial charge < -0.3 is 16.0 Å². The van der Waals surface area contributed by atoms with E-state index < -0.39 is 0 Å². The number of hydrogen-bond donors (Lipinski definition) is 3. The number of amides is 2. The molecule has 0 unspecified atom stereocenters. The first-order chi connectivity index (χ1) is 10.1. The molecule has 5 heteroatoms. The lowest BCUT2D eigenvalue weighted by Crippen LogP contribution is -2.26. The number of nitrogens with one attached hydrogen (secondary N) is 3. The summed E-state index contributed by atoms with van der Waals surface area (Å²) in [7, 11) is 0. The Kier molecular flexibility index (Phi) is 12.5. The van der Waals surface area contributed by atoms with Crippen molar-refractivity contribution in [3.05, 3.63) is 12.8 Å². The highest BCUT2D eigenvalue weighted by atomic mass is 16.2. The van der Waals surface area contributed by atoms with E-state index in [2.05, 4.69) is 22.5 Å². The zero-order valence-corrected chi connectivity index (χ0v) is 13.5. The van der Waals surface area contributed by atoms with Crippen molar-refractivity contribution < 1.29 is 9.59 Å². The molecular weight excluding hydrogens is 266 g/mol. The largest absolute Gasteiger partial charge is 0.391 e. The first kappa shape index (κ1) is 19.5. The van der Waals surface area contributed by atoms with Crippen LogP contribution in [0.5, 0.6) is 0 Å². The topological polar surface area (TPSA) is 70.2 Å². The van der Waals surface area contributed by atoms with Gasteiger partial charge in [-0.25, -0.2) is 0 Å². The minimum absolute atomic E-state index is 0.109. The summed E-state index contributed by atoms with van der Waals surface area (Å²) < 4.78 is 0. The Hall–Kier alpha value is -1.52. The first-order valence-corrected chi connectivity index (χ1v) is 7.94. The van der Waals surface area contributed by atoms with Gasteiger partial charge in [-0.15, -0.1) is 0 Å². The highest BCUT2D eigenvalue weighted by Crippen LogP contribution is 2.01. The van der Waals surface area contributed by atoms with Crippen LogP contribution >= 0.6 is 0 Å². The number of carbonyl (C=O) groups excluding carboxylic acids is 2. The van der Waals surface area contributed by atoms with Gasteiger partial charge in [0.05, 0.1) is 0 Å². The Morgan fingerprint density at radius 2 is 1.62 bits per heavy atom. The molecule has 0 saturated carbocycles. The second-order valence-electron chi connectivity index (χ2n) is 5.62. The Labute approximate surface area is 128 Å². The van der Waals surface area contributed by atoms with E-state index in [4.69, 9.17) is 0 Å². The Morgan fingerprint density at radius 3 is 2.29 bits per heavy atom. The molecule has 0 aromatic carbocycles. The lowest BCUT2D eigenvalue weighted by Gasteiger charge is -2.07. The third-order valence-electron chi connectivity index (χ3n) is 2.96. The van der Waals surface area contributed by atoms with Crippen LogP contribution in [0, 0.1) is 5.92 Å². The van der Waals surface area contributed by atoms with Crippen molar-refractivity contribution in [2.24, 2.45) is 5.92 Å². The average molecular weight is 297 g/mol. The summed E-state index contributed by atoms with van der Waals surface area (Å²) >= 11 is 0. The summed E-state index contributed by atoms with van der Waals surface area (Å²) in [6.07, 6.45) is 6.48. The van der Waals surface area contributed by atoms with E-state index in [0.717, 1.165) is 32.2 Å². The van der Waals surface area contributed by atoms with Gasteiger partial charge in [0, 0.05) is 32.5 Å². The van der Waals surface area contributed by atoms with E-state index in [1.165, 1.54) is 0 Å². The molecule has 0 aromatic heterocycles. The number of hydrogen-bond acceptors (Lipinski definition) is 3. The maximum Gasteiger partial charge on any atom is 0.220 e. The monoisotopic (exact) mass is 297 g/mol. The lowest BCUT2D eigenvalue weighted by molar-refractivity contribution is -0.122. The molecule has 0 aliphatic rings. The van der Waals surface area contributed by atoms with Gasteiger partial charge in [-0.2, -0.15) is 0 Å². The summed E-state index contributed by atoms with van der Waals surface area (Å²) in [5, 5.41) is 8.78. The van der Waals surface area contributed by atoms with Gasteiger partial charge in [0.15, 0.2) is 0 Å². The third kappa shape index (κ3) is 14.7. The second kappa shape index (κ2) is 13.5. The predicted octanol–water partition coefficient (Wildman–Crippen LogP) is 1.95. The standard InChI is InChI=1S/C16H31N3O2/c1-4-17-10-8-12-18-15(20)9-6-5-7-11-19-16(21)13-14(2)3/h4,14,17H,1,5-13H2,2-3H3,(H,18,20)(H,19,21). The normalized spacial score (nSPS) is 10.2. The molecule has 0 aliphatic carbocycles. The number of rotatable bonds is 13. The number of unbranched alkanes of at least 4 members (excludes halogenated alkanes) is 2. The van der Waals surface area contributed by atoms with Crippen LogP contribution in [0.2, 0.25) is 0 Å². The van der Waals surface area contributed by atoms with E-state index in [0.29, 0.717) is 31.8 Å². The minimum atomic E-state index is 0.109. The van der Waals surface area contributed by atoms with Gasteiger partial charge in [0.25, 0.3) is 0 Å². The molecule has 0 aliphatic heterocycles. The van der Waals surface area contributed by atoms with Crippen LogP contribution in [0.4, 0.5) is 0 Å². The molecule has 3 N–H and O–H groups in total. The van der Waals surface area contributed by atoms with Gasteiger partial charge in [-0.1, -0.05) is 26.8 Å². The maximum atomic E-state index is 11.5. The first-order valence-electron chi connectivity index (χ1n) is 7.94. The molecular formula is C16H31N3O2. The van der Waals surface area contributed by atoms with Crippen molar-refractivity contribution in [2.45, 2.75) is 52.4 Å². The van der Waals surface area contributed by atoms with Gasteiger partial charge in [-0.05, 0) is 31.4 Å². The van der Waals surface area contributed by atoms with E-state index >= 15 is 0 Å². The molecule has 2 amide bonds. The van der Waals surface area contributed by atoms with Crippen LogP contribution in [0.15, 0.2) is 12.8 Å². The Bertz CT molecular complexity index is 304. The van der Waals surface area contributed by atoms with E-state index in [9.17, 15) is 9.59 Å². The summed E-state index contributed by atoms with van der Waals surface area (Å²) in [6, 6.07) is 0. The molecule has 0 aromatic rings. The van der Waals surface area contributed by atoms with E-state index in [-0.39, 0.29) is 11.8 Å². The van der Waals surface area contributed by atoms with Crippen LogP contribution in [-0.2, 0) is 9.59 Å². The summed E-state index contributed by atoms with van der Waals surface area (Å²) in [5.41, 5.74) is 0. The van der Waals surface area contributed by atoms with Crippen LogP contribution in [0.25, 0.3) is 0 Å². The van der Waals surface area contributed by atoms with Gasteiger partial charge in [0.1, 0.15) is 0 Å². The van der Waals surface area contributed by atoms with E-state index in [1.807, 2.05) is 13.8 Å². The smallest absolute Gasteiger partial charge is 0.220 e. The summed E-state index contributed by atoms with van der Waals surface area (Å²) in [5.74, 6) is 0.628. The second-order valence-corrected chi connectivity index (χ2v) is 5.62. The van der Waals surface area contributed by atoms with Crippen LogP contribution < -0.4 is 16.0 Å². The fourth-order valence-corrected chi connectivity index (χ4v) is 1.87. The molecule has 0 bridgehead atoms. The zero-order valence-electron chi connectivity index (χ0n) is 13.5. The molecule has 0 fully saturated rings. The van der Waals surface area contributed by atoms with Gasteiger partial charge in [0.2, 0.25) is 11.8 Å². The maximum absolute atomic E-state index is 11.5. The number of carbonyl (C=O) groups is 2. The average Bonchev–Trinajstić information content (AvgIpc) is 2.41. The van der Waals surface area contributed by atoms with Crippen LogP contribution in [0.3, 0.4) is 0 Å². The van der Waals surface area contributed by atoms with Crippen molar-refractivity contribution >= 4 is 11.8 Å². The highest BCUT2D eigenvalue weighted by molar-refractivity contribution is 5.76. The molecule has 0 atom stereocenters. The van der Waals surface area contributed by atoms with Gasteiger partial charge >= 0.3 is 0 Å². The highest BCUT2D eigenvalue weighted by Gasteiger charge is 2.04. The van der Waals surface area contributed by atoms with Crippen molar-refractivity contribution in [3.8, 4) is 0 Å². The molecule has 0 saturated heterocycles. The molecule has 5 nitrogen and oxygen atoms in total. The van der Waals surface area contributed by atoms with Gasteiger partial charge in [-0.3, -0.25) is 9.59 Å². The lowest BCUT2D eigenvalue weighted by atomic mass is 10.1. The zero-order chi connectivity index (χ0) is 15.9. The quantitative estimate of drug-likeness (QED) is 0.455. The molecule has 0 radical (unpaired) electrons. The molecule has 0 rings (SSSR count). The van der Waals surface area contributed by atoms with Crippen molar-refractivity contribution in [1.82, 2.24) is 16.0 Å². The molecule has 122 valence electrons. The van der Waals surface area contributed by atoms with E-state index in [1.54, 1.807) is 6.20 Å². The molecule has 0 spiro atoms. The SMILES string of the molecule is C=CNCCCNC(=O)CCCCCNC(=O)CC(C)C. The van der Waals surface area contributed by atoms with Crippen LogP contribution in [-0.4, -0.2) is 31.4 Å². The third-order valence-corrected chi connectivity index (χ3v) is 2.96. The molecule has 0 heterocycles. The fourth-order valence-electron chi connectivity index (χ4n) is 1.87. The van der Waals surface area contributed by atoms with Crippen molar-refractivity contribution in [3.63, 3.8) is 0 Å². The Morgan fingerprint density at radius 1 is 0.952 bits per heavy atom. The predicted molar refractivity (Wildman–Crippen MR) is 86.8 cm³/mol. The Balaban J connectivity index is 3.32. The fraction of sp³-hybridized carbons (Fsp3) is 0.750. The van der Waals surface area contributed by atoms with Crippen LogP contribution in [0.1, 0.15) is 52.4 Å². The summed E-state index contributed by atoms with van der Waals surface area (Å²) in [6.45, 7) is 9.87. The van der Waals surface area contributed by atoms with Crippen molar-refractivity contribution in [1.29, 1.82) is 0 Å².